The van der Waals surface area contributed by atoms with Crippen LogP contribution in [0.2, 0.25) is 0 Å². The molecule has 0 saturated carbocycles. The number of aliphatic hydroxyl groups is 1. The molecule has 1 heterocycles. The summed E-state index contributed by atoms with van der Waals surface area (Å²) in [6.07, 6.45) is -2.75. The highest BCUT2D eigenvalue weighted by Gasteiger charge is 2.30. The number of benzene rings is 3. The van der Waals surface area contributed by atoms with Gasteiger partial charge in [-0.25, -0.2) is 0 Å². The molecule has 3 aromatic carbocycles. The molecule has 0 bridgehead atoms. The molecule has 0 aliphatic carbocycles. The first kappa shape index (κ1) is 22.4. The van der Waals surface area contributed by atoms with Crippen LogP contribution in [0.15, 0.2) is 72.9 Å². The molecule has 0 atom stereocenters. The molecule has 0 saturated heterocycles. The number of carbonyl (C=O) groups is 1. The minimum absolute atomic E-state index is 0.0545. The molecular weight excluding hydrogens is 433 g/mol. The van der Waals surface area contributed by atoms with Crippen LogP contribution >= 0.6 is 0 Å². The average molecular weight is 454 g/mol. The molecule has 0 fully saturated rings. The number of halogens is 3. The van der Waals surface area contributed by atoms with E-state index in [0.717, 1.165) is 23.3 Å². The van der Waals surface area contributed by atoms with Gasteiger partial charge in [0.15, 0.2) is 5.88 Å². The minimum Gasteiger partial charge on any atom is -0.494 e. The predicted octanol–water partition coefficient (Wildman–Crippen LogP) is 4.80. The van der Waals surface area contributed by atoms with Crippen LogP contribution in [0, 0.1) is 0 Å². The molecule has 0 unspecified atom stereocenters. The van der Waals surface area contributed by atoms with Crippen LogP contribution in [0.1, 0.15) is 21.5 Å². The van der Waals surface area contributed by atoms with E-state index in [1.54, 1.807) is 42.6 Å². The fourth-order valence-electron chi connectivity index (χ4n) is 3.79. The second-order valence-electron chi connectivity index (χ2n) is 7.61. The number of carbonyl (C=O) groups excluding carboxylic acids is 1. The zero-order chi connectivity index (χ0) is 23.6. The highest BCUT2D eigenvalue weighted by Crippen LogP contribution is 2.36. The smallest absolute Gasteiger partial charge is 0.416 e. The van der Waals surface area contributed by atoms with Gasteiger partial charge in [0.25, 0.3) is 5.91 Å². The van der Waals surface area contributed by atoms with E-state index < -0.39 is 11.7 Å². The highest BCUT2D eigenvalue weighted by molar-refractivity contribution is 6.01. The standard InChI is InChI=1S/C25H21F3N2O3/c26-25(27,28)19-7-1-4-16(12-19)14-30-15-22-20(8-3-9-21(22)24(30)33)17-5-2-6-18(13-17)23(32)29-10-11-31/h1-9,12-13,15,31,33H,10-11,14H2,(H,29,32). The van der Waals surface area contributed by atoms with E-state index >= 15 is 0 Å². The molecule has 3 N–H and O–H groups in total. The van der Waals surface area contributed by atoms with Gasteiger partial charge in [-0.15, -0.1) is 0 Å². The van der Waals surface area contributed by atoms with Crippen molar-refractivity contribution in [2.45, 2.75) is 12.7 Å². The third-order valence-corrected chi connectivity index (χ3v) is 5.34. The number of aromatic nitrogens is 1. The lowest BCUT2D eigenvalue weighted by Crippen LogP contribution is -2.26. The molecule has 0 spiro atoms. The number of amides is 1. The fourth-order valence-corrected chi connectivity index (χ4v) is 3.79. The maximum absolute atomic E-state index is 13.1. The minimum atomic E-state index is -4.44. The van der Waals surface area contributed by atoms with Crippen molar-refractivity contribution in [2.75, 3.05) is 13.2 Å². The summed E-state index contributed by atoms with van der Waals surface area (Å²) in [5.41, 5.74) is 1.60. The molecule has 8 heteroatoms. The maximum Gasteiger partial charge on any atom is 0.416 e. The van der Waals surface area contributed by atoms with Gasteiger partial charge in [0.05, 0.1) is 18.7 Å². The van der Waals surface area contributed by atoms with Crippen LogP contribution in [0.25, 0.3) is 21.9 Å². The second kappa shape index (κ2) is 8.99. The Balaban J connectivity index is 1.71. The van der Waals surface area contributed by atoms with Gasteiger partial charge < -0.3 is 20.1 Å². The summed E-state index contributed by atoms with van der Waals surface area (Å²) in [4.78, 5) is 12.3. The highest BCUT2D eigenvalue weighted by atomic mass is 19.4. The van der Waals surface area contributed by atoms with Crippen molar-refractivity contribution >= 4 is 16.7 Å². The third kappa shape index (κ3) is 4.70. The largest absolute Gasteiger partial charge is 0.494 e. The van der Waals surface area contributed by atoms with E-state index in [0.29, 0.717) is 21.9 Å². The van der Waals surface area contributed by atoms with Gasteiger partial charge in [-0.2, -0.15) is 13.2 Å². The van der Waals surface area contributed by atoms with E-state index in [2.05, 4.69) is 5.32 Å². The first-order valence-corrected chi connectivity index (χ1v) is 10.2. The molecular formula is C25H21F3N2O3. The van der Waals surface area contributed by atoms with Crippen LogP contribution < -0.4 is 5.32 Å². The van der Waals surface area contributed by atoms with E-state index in [4.69, 9.17) is 5.11 Å². The number of rotatable bonds is 6. The van der Waals surface area contributed by atoms with Crippen molar-refractivity contribution in [3.8, 4) is 17.0 Å². The van der Waals surface area contributed by atoms with Gasteiger partial charge >= 0.3 is 6.18 Å². The number of hydrogen-bond acceptors (Lipinski definition) is 3. The van der Waals surface area contributed by atoms with Crippen LogP contribution in [-0.4, -0.2) is 33.8 Å². The first-order valence-electron chi connectivity index (χ1n) is 10.2. The van der Waals surface area contributed by atoms with Gasteiger partial charge in [0, 0.05) is 29.1 Å². The third-order valence-electron chi connectivity index (χ3n) is 5.34. The van der Waals surface area contributed by atoms with Crippen molar-refractivity contribution in [3.05, 3.63) is 89.6 Å². The van der Waals surface area contributed by atoms with E-state index in [1.807, 2.05) is 12.1 Å². The molecule has 170 valence electrons. The SMILES string of the molecule is O=C(NCCO)c1cccc(-c2cccc3c(O)n(Cc4cccc(C(F)(F)F)c4)cc23)c1. The summed E-state index contributed by atoms with van der Waals surface area (Å²) in [6, 6.07) is 17.3. The second-order valence-corrected chi connectivity index (χ2v) is 7.61. The van der Waals surface area contributed by atoms with Crippen molar-refractivity contribution in [2.24, 2.45) is 0 Å². The number of aliphatic hydroxyl groups excluding tert-OH is 1. The summed E-state index contributed by atoms with van der Waals surface area (Å²) < 4.78 is 40.7. The lowest BCUT2D eigenvalue weighted by atomic mass is 9.99. The molecule has 1 aromatic heterocycles. The van der Waals surface area contributed by atoms with Gasteiger partial charge in [-0.3, -0.25) is 4.79 Å². The molecule has 0 aliphatic heterocycles. The zero-order valence-corrected chi connectivity index (χ0v) is 17.4. The van der Waals surface area contributed by atoms with Crippen LogP contribution in [-0.2, 0) is 12.7 Å². The Morgan fingerprint density at radius 1 is 0.970 bits per heavy atom. The summed E-state index contributed by atoms with van der Waals surface area (Å²) in [5.74, 6) is -0.371. The Kier molecular flexibility index (Phi) is 6.11. The van der Waals surface area contributed by atoms with Gasteiger partial charge in [0.1, 0.15) is 0 Å². The van der Waals surface area contributed by atoms with Crippen molar-refractivity contribution in [3.63, 3.8) is 0 Å². The molecule has 0 aliphatic rings. The lowest BCUT2D eigenvalue weighted by molar-refractivity contribution is -0.137. The Morgan fingerprint density at radius 3 is 2.48 bits per heavy atom. The summed E-state index contributed by atoms with van der Waals surface area (Å²) in [5, 5.41) is 23.5. The van der Waals surface area contributed by atoms with Crippen molar-refractivity contribution in [1.29, 1.82) is 0 Å². The number of nitrogens with one attached hydrogen (secondary N) is 1. The average Bonchev–Trinajstić information content (AvgIpc) is 3.12. The first-order chi connectivity index (χ1) is 15.8. The van der Waals surface area contributed by atoms with Gasteiger partial charge in [-0.1, -0.05) is 36.4 Å². The van der Waals surface area contributed by atoms with E-state index in [9.17, 15) is 23.1 Å². The molecule has 33 heavy (non-hydrogen) atoms. The van der Waals surface area contributed by atoms with Crippen molar-refractivity contribution < 1.29 is 28.2 Å². The zero-order valence-electron chi connectivity index (χ0n) is 17.4. The lowest BCUT2D eigenvalue weighted by Gasteiger charge is -2.10. The Labute approximate surface area is 187 Å². The molecule has 1 amide bonds. The Hall–Kier alpha value is -3.78. The monoisotopic (exact) mass is 454 g/mol. The molecule has 0 radical (unpaired) electrons. The summed E-state index contributed by atoms with van der Waals surface area (Å²) >= 11 is 0. The number of aromatic hydroxyl groups is 1. The van der Waals surface area contributed by atoms with Gasteiger partial charge in [-0.05, 0) is 47.0 Å². The molecule has 4 rings (SSSR count). The number of fused-ring (bicyclic) bond motifs is 1. The fraction of sp³-hybridized carbons (Fsp3) is 0.160. The summed E-state index contributed by atoms with van der Waals surface area (Å²) in [6.45, 7) is 0.0434. The van der Waals surface area contributed by atoms with Gasteiger partial charge in [0.2, 0.25) is 0 Å². The topological polar surface area (TPSA) is 74.5 Å². The Bertz CT molecular complexity index is 1310. The van der Waals surface area contributed by atoms with Crippen LogP contribution in [0.3, 0.4) is 0 Å². The predicted molar refractivity (Wildman–Crippen MR) is 119 cm³/mol. The van der Waals surface area contributed by atoms with E-state index in [1.165, 1.54) is 10.6 Å². The molecule has 5 nitrogen and oxygen atoms in total. The Morgan fingerprint density at radius 2 is 1.73 bits per heavy atom. The van der Waals surface area contributed by atoms with Crippen LogP contribution in [0.4, 0.5) is 13.2 Å². The van der Waals surface area contributed by atoms with E-state index in [-0.39, 0.29) is 31.5 Å². The van der Waals surface area contributed by atoms with Crippen LogP contribution in [0.5, 0.6) is 5.88 Å². The maximum atomic E-state index is 13.1. The number of nitrogens with zero attached hydrogens (tertiary/aromatic N) is 1. The normalized spacial score (nSPS) is 11.6. The number of hydrogen-bond donors (Lipinski definition) is 3. The summed E-state index contributed by atoms with van der Waals surface area (Å²) in [7, 11) is 0. The van der Waals surface area contributed by atoms with Crippen molar-refractivity contribution in [1.82, 2.24) is 9.88 Å². The number of alkyl halides is 3. The quantitative estimate of drug-likeness (QED) is 0.392. The molecule has 4 aromatic rings.